The molecule has 0 saturated heterocycles. The predicted molar refractivity (Wildman–Crippen MR) is 97.8 cm³/mol. The van der Waals surface area contributed by atoms with Gasteiger partial charge in [-0.1, -0.05) is 12.1 Å². The molecule has 0 atom stereocenters. The van der Waals surface area contributed by atoms with E-state index in [1.807, 2.05) is 65.8 Å². The third-order valence-electron chi connectivity index (χ3n) is 3.29. The lowest BCUT2D eigenvalue weighted by Crippen LogP contribution is -2.23. The molecular weight excluding hydrogens is 300 g/mol. The maximum atomic E-state index is 5.90. The lowest BCUT2D eigenvalue weighted by molar-refractivity contribution is 0.124. The molecule has 4 heteroatoms. The van der Waals surface area contributed by atoms with Gasteiger partial charge >= 0.3 is 0 Å². The van der Waals surface area contributed by atoms with Crippen LogP contribution in [0.15, 0.2) is 36.4 Å². The molecular formula is C20H24N2O2. The molecule has 3 rings (SSSR count). The van der Waals surface area contributed by atoms with E-state index in [0.717, 1.165) is 21.8 Å². The Hall–Kier alpha value is -2.36. The molecule has 0 fully saturated rings. The summed E-state index contributed by atoms with van der Waals surface area (Å²) in [5, 5.41) is 2.06. The van der Waals surface area contributed by atoms with Crippen LogP contribution >= 0.6 is 0 Å². The van der Waals surface area contributed by atoms with Gasteiger partial charge in [0.25, 0.3) is 0 Å². The molecule has 0 spiro atoms. The van der Waals surface area contributed by atoms with E-state index < -0.39 is 0 Å². The topological polar surface area (TPSA) is 44.2 Å². The largest absolute Gasteiger partial charge is 0.472 e. The van der Waals surface area contributed by atoms with E-state index in [1.165, 1.54) is 0 Å². The molecule has 4 nitrogen and oxygen atoms in total. The third-order valence-corrected chi connectivity index (χ3v) is 3.29. The Bertz CT molecular complexity index is 815. The molecule has 0 aliphatic carbocycles. The number of aromatic nitrogens is 2. The van der Waals surface area contributed by atoms with Crippen LogP contribution in [-0.2, 0) is 0 Å². The summed E-state index contributed by atoms with van der Waals surface area (Å²) in [6, 6.07) is 11.9. The minimum atomic E-state index is -0.292. The number of hydrogen-bond acceptors (Lipinski definition) is 4. The smallest absolute Gasteiger partial charge is 0.214 e. The Morgan fingerprint density at radius 1 is 0.583 bits per heavy atom. The summed E-state index contributed by atoms with van der Waals surface area (Å²) < 4.78 is 11.8. The molecule has 0 aliphatic heterocycles. The first-order valence-corrected chi connectivity index (χ1v) is 8.19. The molecule has 0 saturated carbocycles. The van der Waals surface area contributed by atoms with Crippen LogP contribution < -0.4 is 9.47 Å². The van der Waals surface area contributed by atoms with Crippen LogP contribution in [0, 0.1) is 0 Å². The Morgan fingerprint density at radius 2 is 0.917 bits per heavy atom. The second-order valence-corrected chi connectivity index (χ2v) is 7.94. The molecule has 0 bridgehead atoms. The van der Waals surface area contributed by atoms with Crippen molar-refractivity contribution < 1.29 is 9.47 Å². The fourth-order valence-corrected chi connectivity index (χ4v) is 2.47. The Labute approximate surface area is 142 Å². The minimum absolute atomic E-state index is 0.292. The van der Waals surface area contributed by atoms with Crippen molar-refractivity contribution in [2.24, 2.45) is 0 Å². The second kappa shape index (κ2) is 5.62. The average Bonchev–Trinajstić information content (AvgIpc) is 2.44. The first kappa shape index (κ1) is 16.5. The van der Waals surface area contributed by atoms with Gasteiger partial charge < -0.3 is 9.47 Å². The third kappa shape index (κ3) is 3.75. The van der Waals surface area contributed by atoms with Gasteiger partial charge in [-0.25, -0.2) is 9.97 Å². The first-order chi connectivity index (χ1) is 11.1. The molecule has 0 amide bonds. The monoisotopic (exact) mass is 324 g/mol. The van der Waals surface area contributed by atoms with Gasteiger partial charge in [0.2, 0.25) is 11.8 Å². The average molecular weight is 324 g/mol. The maximum absolute atomic E-state index is 5.90. The number of nitrogens with zero attached hydrogens (tertiary/aromatic N) is 2. The van der Waals surface area contributed by atoms with E-state index in [4.69, 9.17) is 9.47 Å². The summed E-state index contributed by atoms with van der Waals surface area (Å²) in [5.74, 6) is 1.21. The van der Waals surface area contributed by atoms with Crippen LogP contribution in [0.2, 0.25) is 0 Å². The van der Waals surface area contributed by atoms with Crippen molar-refractivity contribution in [1.29, 1.82) is 0 Å². The fraction of sp³-hybridized carbons (Fsp3) is 0.400. The summed E-state index contributed by atoms with van der Waals surface area (Å²) in [5.41, 5.74) is 1.07. The van der Waals surface area contributed by atoms with Crippen molar-refractivity contribution in [3.05, 3.63) is 36.4 Å². The van der Waals surface area contributed by atoms with E-state index >= 15 is 0 Å². The Balaban J connectivity index is 2.15. The minimum Gasteiger partial charge on any atom is -0.472 e. The molecule has 126 valence electrons. The zero-order chi connectivity index (χ0) is 17.5. The van der Waals surface area contributed by atoms with Crippen LogP contribution in [0.3, 0.4) is 0 Å². The Kier molecular flexibility index (Phi) is 3.86. The lowest BCUT2D eigenvalue weighted by Gasteiger charge is -2.21. The van der Waals surface area contributed by atoms with Crippen molar-refractivity contribution >= 4 is 21.8 Å². The van der Waals surface area contributed by atoms with Crippen molar-refractivity contribution in [3.63, 3.8) is 0 Å². The highest BCUT2D eigenvalue weighted by Crippen LogP contribution is 2.28. The van der Waals surface area contributed by atoms with Crippen molar-refractivity contribution in [3.8, 4) is 11.8 Å². The van der Waals surface area contributed by atoms with Gasteiger partial charge in [0.05, 0.1) is 0 Å². The summed E-state index contributed by atoms with van der Waals surface area (Å²) in [4.78, 5) is 9.37. The highest BCUT2D eigenvalue weighted by molar-refractivity contribution is 6.03. The zero-order valence-corrected chi connectivity index (χ0v) is 15.2. The predicted octanol–water partition coefficient (Wildman–Crippen LogP) is 5.14. The van der Waals surface area contributed by atoms with Crippen LogP contribution in [0.4, 0.5) is 0 Å². The second-order valence-electron chi connectivity index (χ2n) is 7.94. The zero-order valence-electron chi connectivity index (χ0n) is 15.2. The van der Waals surface area contributed by atoms with Crippen molar-refractivity contribution in [2.45, 2.75) is 52.7 Å². The van der Waals surface area contributed by atoms with Crippen molar-refractivity contribution in [2.75, 3.05) is 0 Å². The summed E-state index contributed by atoms with van der Waals surface area (Å²) in [6.07, 6.45) is 0. The van der Waals surface area contributed by atoms with E-state index in [-0.39, 0.29) is 11.2 Å². The van der Waals surface area contributed by atoms with E-state index in [9.17, 15) is 0 Å². The quantitative estimate of drug-likeness (QED) is 0.612. The van der Waals surface area contributed by atoms with Crippen LogP contribution in [0.5, 0.6) is 11.8 Å². The van der Waals surface area contributed by atoms with Gasteiger partial charge in [0.1, 0.15) is 22.2 Å². The molecule has 0 unspecified atom stereocenters. The van der Waals surface area contributed by atoms with Gasteiger partial charge in [-0.2, -0.15) is 0 Å². The van der Waals surface area contributed by atoms with E-state index in [2.05, 4.69) is 22.1 Å². The molecule has 3 aromatic rings. The summed E-state index contributed by atoms with van der Waals surface area (Å²) >= 11 is 0. The van der Waals surface area contributed by atoms with Gasteiger partial charge in [0, 0.05) is 22.9 Å². The normalized spacial score (nSPS) is 12.6. The molecule has 0 N–H and O–H groups in total. The van der Waals surface area contributed by atoms with Crippen LogP contribution in [-0.4, -0.2) is 21.2 Å². The number of pyridine rings is 2. The molecule has 24 heavy (non-hydrogen) atoms. The Morgan fingerprint density at radius 3 is 1.25 bits per heavy atom. The number of fused-ring (bicyclic) bond motifs is 3. The molecule has 2 aromatic heterocycles. The fourth-order valence-electron chi connectivity index (χ4n) is 2.47. The number of ether oxygens (including phenoxy) is 2. The van der Waals surface area contributed by atoms with Gasteiger partial charge in [-0.3, -0.25) is 0 Å². The lowest BCUT2D eigenvalue weighted by atomic mass is 10.1. The first-order valence-electron chi connectivity index (χ1n) is 8.19. The molecule has 1 aromatic carbocycles. The highest BCUT2D eigenvalue weighted by Gasteiger charge is 2.16. The summed E-state index contributed by atoms with van der Waals surface area (Å²) in [7, 11) is 0. The SMILES string of the molecule is CC(C)(C)Oc1ccc2ccc3ccc(OC(C)(C)C)nc3c2n1. The molecule has 2 heterocycles. The van der Waals surface area contributed by atoms with Gasteiger partial charge in [0.15, 0.2) is 0 Å². The highest BCUT2D eigenvalue weighted by atomic mass is 16.5. The van der Waals surface area contributed by atoms with E-state index in [0.29, 0.717) is 11.8 Å². The molecule has 0 aliphatic rings. The number of rotatable bonds is 2. The van der Waals surface area contributed by atoms with Crippen LogP contribution in [0.25, 0.3) is 21.8 Å². The van der Waals surface area contributed by atoms with E-state index in [1.54, 1.807) is 0 Å². The summed E-state index contributed by atoms with van der Waals surface area (Å²) in [6.45, 7) is 12.1. The standard InChI is InChI=1S/C20H24N2O2/c1-19(2,3)23-15-11-9-13-7-8-14-10-12-16(24-20(4,5)6)22-18(14)17(13)21-15/h7-12H,1-6H3. The van der Waals surface area contributed by atoms with Crippen LogP contribution in [0.1, 0.15) is 41.5 Å². The van der Waals surface area contributed by atoms with Crippen molar-refractivity contribution in [1.82, 2.24) is 9.97 Å². The number of hydrogen-bond donors (Lipinski definition) is 0. The maximum Gasteiger partial charge on any atom is 0.214 e. The van der Waals surface area contributed by atoms with Gasteiger partial charge in [-0.05, 0) is 53.7 Å². The molecule has 0 radical (unpaired) electrons. The number of benzene rings is 1. The van der Waals surface area contributed by atoms with Gasteiger partial charge in [-0.15, -0.1) is 0 Å².